The predicted octanol–water partition coefficient (Wildman–Crippen LogP) is 2.82. The van der Waals surface area contributed by atoms with Crippen LogP contribution in [0.1, 0.15) is 57.2 Å². The summed E-state index contributed by atoms with van der Waals surface area (Å²) in [6.07, 6.45) is 1.01. The predicted molar refractivity (Wildman–Crippen MR) is 62.5 cm³/mol. The number of rotatable bonds is 3. The van der Waals surface area contributed by atoms with Gasteiger partial charge in [-0.2, -0.15) is 4.98 Å². The Kier molecular flexibility index (Phi) is 3.40. The van der Waals surface area contributed by atoms with E-state index in [2.05, 4.69) is 15.5 Å². The molecular weight excluding hydrogens is 240 g/mol. The third-order valence-corrected chi connectivity index (χ3v) is 3.61. The van der Waals surface area contributed by atoms with Gasteiger partial charge in [-0.25, -0.2) is 8.78 Å². The van der Waals surface area contributed by atoms with E-state index in [1.54, 1.807) is 7.05 Å². The van der Waals surface area contributed by atoms with Crippen molar-refractivity contribution in [2.75, 3.05) is 7.05 Å². The van der Waals surface area contributed by atoms with Crippen LogP contribution >= 0.6 is 0 Å². The Hall–Kier alpha value is -1.04. The lowest BCUT2D eigenvalue weighted by molar-refractivity contribution is -0.0418. The lowest BCUT2D eigenvalue weighted by Crippen LogP contribution is -2.33. The van der Waals surface area contributed by atoms with Crippen LogP contribution in [0.5, 0.6) is 0 Å². The molecule has 18 heavy (non-hydrogen) atoms. The number of halogens is 2. The van der Waals surface area contributed by atoms with Crippen molar-refractivity contribution >= 4 is 0 Å². The van der Waals surface area contributed by atoms with E-state index in [4.69, 9.17) is 4.52 Å². The summed E-state index contributed by atoms with van der Waals surface area (Å²) in [6, 6.07) is 0. The van der Waals surface area contributed by atoms with Gasteiger partial charge in [0, 0.05) is 18.8 Å². The molecule has 102 valence electrons. The van der Waals surface area contributed by atoms with Crippen LogP contribution in [0.25, 0.3) is 0 Å². The van der Waals surface area contributed by atoms with E-state index in [1.807, 2.05) is 13.8 Å². The number of nitrogens with one attached hydrogen (secondary N) is 1. The van der Waals surface area contributed by atoms with Crippen molar-refractivity contribution in [2.45, 2.75) is 56.9 Å². The highest BCUT2D eigenvalue weighted by molar-refractivity contribution is 5.04. The van der Waals surface area contributed by atoms with Crippen molar-refractivity contribution in [1.82, 2.24) is 15.5 Å². The highest BCUT2D eigenvalue weighted by Crippen LogP contribution is 2.41. The van der Waals surface area contributed by atoms with Gasteiger partial charge in [0.25, 0.3) is 0 Å². The van der Waals surface area contributed by atoms with Gasteiger partial charge in [-0.05, 0) is 33.7 Å². The fraction of sp³-hybridized carbons (Fsp3) is 0.833. The van der Waals surface area contributed by atoms with Crippen molar-refractivity contribution in [1.29, 1.82) is 0 Å². The van der Waals surface area contributed by atoms with E-state index < -0.39 is 11.5 Å². The van der Waals surface area contributed by atoms with Crippen molar-refractivity contribution in [2.24, 2.45) is 0 Å². The molecular formula is C12H19F2N3O. The maximum Gasteiger partial charge on any atom is 0.248 e. The quantitative estimate of drug-likeness (QED) is 0.906. The van der Waals surface area contributed by atoms with E-state index in [0.717, 1.165) is 0 Å². The van der Waals surface area contributed by atoms with Gasteiger partial charge in [-0.1, -0.05) is 5.16 Å². The Labute approximate surface area is 105 Å². The van der Waals surface area contributed by atoms with Crippen molar-refractivity contribution in [3.05, 3.63) is 11.7 Å². The third kappa shape index (κ3) is 2.68. The van der Waals surface area contributed by atoms with Crippen LogP contribution in [0.2, 0.25) is 0 Å². The second-order valence-electron chi connectivity index (χ2n) is 5.48. The standard InChI is InChI=1S/C12H19F2N3O/c1-11(2,15-3)10-16-9(17-18-10)8-5-4-6-12(13,14)7-8/h8,15H,4-7H2,1-3H3. The molecule has 6 heteroatoms. The normalized spacial score (nSPS) is 24.2. The Bertz CT molecular complexity index is 417. The van der Waals surface area contributed by atoms with E-state index >= 15 is 0 Å². The highest BCUT2D eigenvalue weighted by atomic mass is 19.3. The average molecular weight is 259 g/mol. The molecule has 4 nitrogen and oxygen atoms in total. The first-order valence-corrected chi connectivity index (χ1v) is 6.25. The number of nitrogens with zero attached hydrogens (tertiary/aromatic N) is 2. The molecule has 0 aliphatic heterocycles. The van der Waals surface area contributed by atoms with Crippen LogP contribution in [0.15, 0.2) is 4.52 Å². The minimum atomic E-state index is -2.60. The lowest BCUT2D eigenvalue weighted by Gasteiger charge is -2.26. The van der Waals surface area contributed by atoms with E-state index in [9.17, 15) is 8.78 Å². The maximum absolute atomic E-state index is 13.3. The summed E-state index contributed by atoms with van der Waals surface area (Å²) in [5.41, 5.74) is -0.442. The second kappa shape index (κ2) is 4.57. The van der Waals surface area contributed by atoms with Gasteiger partial charge in [-0.15, -0.1) is 0 Å². The van der Waals surface area contributed by atoms with Gasteiger partial charge in [0.05, 0.1) is 5.54 Å². The van der Waals surface area contributed by atoms with E-state index in [-0.39, 0.29) is 18.8 Å². The summed E-state index contributed by atoms with van der Waals surface area (Å²) in [4.78, 5) is 4.27. The number of aromatic nitrogens is 2. The molecule has 1 unspecified atom stereocenters. The van der Waals surface area contributed by atoms with E-state index in [0.29, 0.717) is 24.6 Å². The third-order valence-electron chi connectivity index (χ3n) is 3.61. The Morgan fingerprint density at radius 2 is 2.17 bits per heavy atom. The van der Waals surface area contributed by atoms with Gasteiger partial charge in [-0.3, -0.25) is 0 Å². The molecule has 1 N–H and O–H groups in total. The fourth-order valence-electron chi connectivity index (χ4n) is 2.15. The van der Waals surface area contributed by atoms with Crippen LogP contribution in [0.4, 0.5) is 8.78 Å². The summed E-state index contributed by atoms with van der Waals surface area (Å²) in [6.45, 7) is 3.81. The molecule has 2 rings (SSSR count). The highest BCUT2D eigenvalue weighted by Gasteiger charge is 2.39. The fourth-order valence-corrected chi connectivity index (χ4v) is 2.15. The molecule has 1 atom stereocenters. The van der Waals surface area contributed by atoms with Gasteiger partial charge in [0.15, 0.2) is 5.82 Å². The van der Waals surface area contributed by atoms with Crippen LogP contribution in [-0.2, 0) is 5.54 Å². The number of hydrogen-bond acceptors (Lipinski definition) is 4. The monoisotopic (exact) mass is 259 g/mol. The summed E-state index contributed by atoms with van der Waals surface area (Å²) in [7, 11) is 1.79. The number of alkyl halides is 2. The second-order valence-corrected chi connectivity index (χ2v) is 5.48. The average Bonchev–Trinajstić information content (AvgIpc) is 2.77. The molecule has 0 spiro atoms. The maximum atomic E-state index is 13.3. The van der Waals surface area contributed by atoms with Crippen LogP contribution in [0.3, 0.4) is 0 Å². The summed E-state index contributed by atoms with van der Waals surface area (Å²) in [5.74, 6) is -2.04. The first-order valence-electron chi connectivity index (χ1n) is 6.25. The molecule has 1 saturated carbocycles. The van der Waals surface area contributed by atoms with Crippen LogP contribution in [-0.4, -0.2) is 23.1 Å². The molecule has 0 amide bonds. The topological polar surface area (TPSA) is 51.0 Å². The molecule has 0 radical (unpaired) electrons. The zero-order chi connectivity index (χ0) is 13.4. The van der Waals surface area contributed by atoms with Crippen LogP contribution < -0.4 is 5.32 Å². The minimum Gasteiger partial charge on any atom is -0.337 e. The van der Waals surface area contributed by atoms with Gasteiger partial charge in [0.2, 0.25) is 11.8 Å². The van der Waals surface area contributed by atoms with Crippen LogP contribution in [0, 0.1) is 0 Å². The SMILES string of the molecule is CNC(C)(C)c1nc(C2CCCC(F)(F)C2)no1. The molecule has 1 aliphatic rings. The molecule has 1 heterocycles. The Morgan fingerprint density at radius 1 is 1.44 bits per heavy atom. The van der Waals surface area contributed by atoms with Gasteiger partial charge >= 0.3 is 0 Å². The van der Waals surface area contributed by atoms with Gasteiger partial charge in [0.1, 0.15) is 0 Å². The largest absolute Gasteiger partial charge is 0.337 e. The van der Waals surface area contributed by atoms with Crippen molar-refractivity contribution < 1.29 is 13.3 Å². The molecule has 1 aromatic rings. The first kappa shape index (κ1) is 13.4. The summed E-state index contributed by atoms with van der Waals surface area (Å²) >= 11 is 0. The molecule has 0 bridgehead atoms. The zero-order valence-corrected chi connectivity index (χ0v) is 11.0. The molecule has 0 saturated heterocycles. The summed E-state index contributed by atoms with van der Waals surface area (Å²) < 4.78 is 31.9. The first-order chi connectivity index (χ1) is 8.34. The molecule has 1 aliphatic carbocycles. The van der Waals surface area contributed by atoms with Crippen molar-refractivity contribution in [3.63, 3.8) is 0 Å². The Morgan fingerprint density at radius 3 is 2.78 bits per heavy atom. The smallest absolute Gasteiger partial charge is 0.248 e. The van der Waals surface area contributed by atoms with E-state index in [1.165, 1.54) is 0 Å². The molecule has 1 fully saturated rings. The zero-order valence-electron chi connectivity index (χ0n) is 11.0. The van der Waals surface area contributed by atoms with Crippen molar-refractivity contribution in [3.8, 4) is 0 Å². The molecule has 0 aromatic carbocycles. The Balaban J connectivity index is 2.15. The minimum absolute atomic E-state index is 0.0315. The number of hydrogen-bond donors (Lipinski definition) is 1. The van der Waals surface area contributed by atoms with Gasteiger partial charge < -0.3 is 9.84 Å². The summed E-state index contributed by atoms with van der Waals surface area (Å²) in [5, 5.41) is 6.91. The lowest BCUT2D eigenvalue weighted by atomic mass is 9.86. The molecule has 1 aromatic heterocycles.